The Balaban J connectivity index is 2.01. The fraction of sp³-hybridized carbons (Fsp3) is 0.364. The lowest BCUT2D eigenvalue weighted by Crippen LogP contribution is -1.96. The molecule has 0 saturated heterocycles. The van der Waals surface area contributed by atoms with Crippen molar-refractivity contribution in [3.05, 3.63) is 23.3 Å². The second-order valence-corrected chi connectivity index (χ2v) is 4.94. The second-order valence-electron chi connectivity index (χ2n) is 3.86. The SMILES string of the molecule is COC(=O)c1cc2cn(C3CC3)cc2s1. The van der Waals surface area contributed by atoms with Crippen LogP contribution in [-0.4, -0.2) is 17.6 Å². The minimum Gasteiger partial charge on any atom is -0.465 e. The van der Waals surface area contributed by atoms with Gasteiger partial charge in [0.25, 0.3) is 0 Å². The predicted molar refractivity (Wildman–Crippen MR) is 59.4 cm³/mol. The lowest BCUT2D eigenvalue weighted by atomic mass is 10.4. The average Bonchev–Trinajstić information content (AvgIpc) is 2.89. The minimum absolute atomic E-state index is 0.242. The summed E-state index contributed by atoms with van der Waals surface area (Å²) >= 11 is 1.50. The van der Waals surface area contributed by atoms with E-state index in [0.29, 0.717) is 10.9 Å². The number of nitrogens with zero attached hydrogens (tertiary/aromatic N) is 1. The number of methoxy groups -OCH3 is 1. The molecule has 0 aromatic carbocycles. The van der Waals surface area contributed by atoms with Crippen LogP contribution in [0.3, 0.4) is 0 Å². The Labute approximate surface area is 91.3 Å². The van der Waals surface area contributed by atoms with Gasteiger partial charge in [0.1, 0.15) is 4.88 Å². The first kappa shape index (κ1) is 8.97. The molecule has 2 aromatic heterocycles. The van der Waals surface area contributed by atoms with Crippen LogP contribution < -0.4 is 0 Å². The zero-order valence-corrected chi connectivity index (χ0v) is 9.21. The van der Waals surface area contributed by atoms with Gasteiger partial charge in [0.2, 0.25) is 0 Å². The molecule has 0 amide bonds. The summed E-state index contributed by atoms with van der Waals surface area (Å²) in [6, 6.07) is 2.61. The highest BCUT2D eigenvalue weighted by Gasteiger charge is 2.23. The van der Waals surface area contributed by atoms with E-state index in [-0.39, 0.29) is 5.97 Å². The highest BCUT2D eigenvalue weighted by Crippen LogP contribution is 2.38. The molecule has 78 valence electrons. The molecule has 0 bridgehead atoms. The molecular weight excluding hydrogens is 210 g/mol. The van der Waals surface area contributed by atoms with Crippen molar-refractivity contribution in [3.8, 4) is 0 Å². The second kappa shape index (κ2) is 3.10. The molecule has 0 spiro atoms. The molecule has 1 saturated carbocycles. The van der Waals surface area contributed by atoms with Crippen molar-refractivity contribution in [1.29, 1.82) is 0 Å². The molecule has 1 aliphatic rings. The van der Waals surface area contributed by atoms with Crippen LogP contribution in [0.4, 0.5) is 0 Å². The van der Waals surface area contributed by atoms with E-state index in [0.717, 1.165) is 5.39 Å². The van der Waals surface area contributed by atoms with E-state index in [1.807, 2.05) is 6.07 Å². The van der Waals surface area contributed by atoms with E-state index >= 15 is 0 Å². The van der Waals surface area contributed by atoms with Crippen molar-refractivity contribution >= 4 is 27.4 Å². The van der Waals surface area contributed by atoms with Gasteiger partial charge < -0.3 is 9.30 Å². The summed E-state index contributed by atoms with van der Waals surface area (Å²) in [5.74, 6) is -0.242. The van der Waals surface area contributed by atoms with Crippen LogP contribution >= 0.6 is 11.3 Å². The summed E-state index contributed by atoms with van der Waals surface area (Å²) in [7, 11) is 1.41. The number of hydrogen-bond acceptors (Lipinski definition) is 3. The largest absolute Gasteiger partial charge is 0.465 e. The monoisotopic (exact) mass is 221 g/mol. The molecule has 1 fully saturated rings. The summed E-state index contributed by atoms with van der Waals surface area (Å²) in [4.78, 5) is 12.0. The minimum atomic E-state index is -0.242. The van der Waals surface area contributed by atoms with Crippen LogP contribution in [0.25, 0.3) is 10.1 Å². The van der Waals surface area contributed by atoms with Crippen molar-refractivity contribution in [3.63, 3.8) is 0 Å². The van der Waals surface area contributed by atoms with Crippen molar-refractivity contribution in [2.75, 3.05) is 7.11 Å². The van der Waals surface area contributed by atoms with E-state index in [9.17, 15) is 4.79 Å². The Morgan fingerprint density at radius 3 is 2.93 bits per heavy atom. The Morgan fingerprint density at radius 2 is 2.33 bits per heavy atom. The fourth-order valence-electron chi connectivity index (χ4n) is 1.74. The molecule has 0 radical (unpaired) electrons. The highest BCUT2D eigenvalue weighted by atomic mass is 32.1. The molecule has 0 atom stereocenters. The highest BCUT2D eigenvalue weighted by molar-refractivity contribution is 7.20. The van der Waals surface area contributed by atoms with E-state index in [2.05, 4.69) is 21.7 Å². The van der Waals surface area contributed by atoms with Crippen LogP contribution in [-0.2, 0) is 4.74 Å². The van der Waals surface area contributed by atoms with Crippen molar-refractivity contribution in [2.24, 2.45) is 0 Å². The third-order valence-corrected chi connectivity index (χ3v) is 3.77. The van der Waals surface area contributed by atoms with Crippen LogP contribution in [0.5, 0.6) is 0 Å². The van der Waals surface area contributed by atoms with Gasteiger partial charge in [0.15, 0.2) is 0 Å². The predicted octanol–water partition coefficient (Wildman–Crippen LogP) is 2.82. The maximum Gasteiger partial charge on any atom is 0.348 e. The molecular formula is C11H11NO2S. The summed E-state index contributed by atoms with van der Waals surface area (Å²) in [5.41, 5.74) is 0. The number of rotatable bonds is 2. The van der Waals surface area contributed by atoms with Crippen molar-refractivity contribution in [2.45, 2.75) is 18.9 Å². The first-order valence-electron chi connectivity index (χ1n) is 4.97. The molecule has 4 heteroatoms. The lowest BCUT2D eigenvalue weighted by Gasteiger charge is -1.95. The zero-order valence-electron chi connectivity index (χ0n) is 8.40. The molecule has 15 heavy (non-hydrogen) atoms. The van der Waals surface area contributed by atoms with E-state index in [1.165, 1.54) is 36.0 Å². The van der Waals surface area contributed by atoms with Gasteiger partial charge in [0.05, 0.1) is 11.8 Å². The summed E-state index contributed by atoms with van der Waals surface area (Å²) in [5, 5.41) is 1.15. The van der Waals surface area contributed by atoms with Gasteiger partial charge in [-0.15, -0.1) is 11.3 Å². The molecule has 0 aliphatic heterocycles. The van der Waals surface area contributed by atoms with Gasteiger partial charge >= 0.3 is 5.97 Å². The van der Waals surface area contributed by atoms with E-state index in [1.54, 1.807) is 0 Å². The topological polar surface area (TPSA) is 31.2 Å². The van der Waals surface area contributed by atoms with Gasteiger partial charge in [-0.2, -0.15) is 0 Å². The van der Waals surface area contributed by atoms with Gasteiger partial charge in [-0.3, -0.25) is 0 Å². The maximum absolute atomic E-state index is 11.3. The first-order valence-corrected chi connectivity index (χ1v) is 5.79. The standard InChI is InChI=1S/C11H11NO2S/c1-14-11(13)9-4-7-5-12(8-2-3-8)6-10(7)15-9/h4-6,8H,2-3H2,1H3. The van der Waals surface area contributed by atoms with Crippen LogP contribution in [0.2, 0.25) is 0 Å². The molecule has 0 unspecified atom stereocenters. The molecule has 1 aliphatic carbocycles. The van der Waals surface area contributed by atoms with Crippen molar-refractivity contribution < 1.29 is 9.53 Å². The first-order chi connectivity index (χ1) is 7.28. The van der Waals surface area contributed by atoms with Gasteiger partial charge in [0, 0.05) is 23.8 Å². The molecule has 2 aromatic rings. The van der Waals surface area contributed by atoms with Gasteiger partial charge in [-0.05, 0) is 18.9 Å². The quantitative estimate of drug-likeness (QED) is 0.730. The summed E-state index contributed by atoms with van der Waals surface area (Å²) < 4.78 is 8.11. The van der Waals surface area contributed by atoms with Crippen LogP contribution in [0.15, 0.2) is 18.5 Å². The van der Waals surface area contributed by atoms with Crippen LogP contribution in [0, 0.1) is 0 Å². The third-order valence-electron chi connectivity index (χ3n) is 2.70. The molecule has 0 N–H and O–H groups in total. The molecule has 3 rings (SSSR count). The number of carbonyl (C=O) groups excluding carboxylic acids is 1. The van der Waals surface area contributed by atoms with E-state index in [4.69, 9.17) is 0 Å². The average molecular weight is 221 g/mol. The number of aromatic nitrogens is 1. The van der Waals surface area contributed by atoms with Crippen LogP contribution in [0.1, 0.15) is 28.6 Å². The normalized spacial score (nSPS) is 15.8. The number of fused-ring (bicyclic) bond motifs is 1. The Hall–Kier alpha value is -1.29. The van der Waals surface area contributed by atoms with Gasteiger partial charge in [-0.25, -0.2) is 4.79 Å². The smallest absolute Gasteiger partial charge is 0.348 e. The van der Waals surface area contributed by atoms with Gasteiger partial charge in [-0.1, -0.05) is 0 Å². The maximum atomic E-state index is 11.3. The lowest BCUT2D eigenvalue weighted by molar-refractivity contribution is 0.0606. The molecule has 3 nitrogen and oxygen atoms in total. The number of thiophene rings is 1. The number of ether oxygens (including phenoxy) is 1. The third kappa shape index (κ3) is 1.45. The van der Waals surface area contributed by atoms with E-state index < -0.39 is 0 Å². The number of esters is 1. The zero-order chi connectivity index (χ0) is 10.4. The number of hydrogen-bond donors (Lipinski definition) is 0. The summed E-state index contributed by atoms with van der Waals surface area (Å²) in [6.45, 7) is 0. The fourth-order valence-corrected chi connectivity index (χ4v) is 2.73. The number of carbonyl (C=O) groups is 1. The molecule has 2 heterocycles. The summed E-state index contributed by atoms with van der Waals surface area (Å²) in [6.07, 6.45) is 6.82. The Bertz CT molecular complexity index is 490. The Kier molecular flexibility index (Phi) is 1.85. The van der Waals surface area contributed by atoms with Crippen molar-refractivity contribution in [1.82, 2.24) is 4.57 Å². The Morgan fingerprint density at radius 1 is 1.53 bits per heavy atom.